The van der Waals surface area contributed by atoms with E-state index >= 15 is 0 Å². The Hall–Kier alpha value is -1.30. The van der Waals surface area contributed by atoms with Gasteiger partial charge in [0.1, 0.15) is 5.82 Å². The van der Waals surface area contributed by atoms with E-state index in [9.17, 15) is 4.79 Å². The molecule has 3 N–H and O–H groups in total. The Kier molecular flexibility index (Phi) is 8.45. The first-order valence-corrected chi connectivity index (χ1v) is 6.96. The summed E-state index contributed by atoms with van der Waals surface area (Å²) in [5.41, 5.74) is 7.88. The van der Waals surface area contributed by atoms with E-state index in [-0.39, 0.29) is 36.6 Å². The lowest BCUT2D eigenvalue weighted by atomic mass is 10.1. The quantitative estimate of drug-likeness (QED) is 0.872. The standard InChI is InChI=1S/C15H22N4O.2ClH/c1-10(2)14(16)15(20)17-8-9-19-11(3)18-12-6-4-5-7-13(12)19;;/h4-7,10,14H,8-9,16H2,1-3H3,(H,17,20);2*1H. The average molecular weight is 347 g/mol. The molecule has 0 saturated heterocycles. The molecule has 0 radical (unpaired) electrons. The van der Waals surface area contributed by atoms with Gasteiger partial charge in [0, 0.05) is 13.1 Å². The van der Waals surface area contributed by atoms with E-state index in [1.165, 1.54) is 0 Å². The van der Waals surface area contributed by atoms with Gasteiger partial charge in [-0.05, 0) is 25.0 Å². The van der Waals surface area contributed by atoms with Crippen molar-refractivity contribution in [3.05, 3.63) is 30.1 Å². The highest BCUT2D eigenvalue weighted by Gasteiger charge is 2.16. The lowest BCUT2D eigenvalue weighted by Crippen LogP contribution is -2.44. The van der Waals surface area contributed by atoms with Crippen molar-refractivity contribution < 1.29 is 4.79 Å². The number of carbonyl (C=O) groups excluding carboxylic acids is 1. The topological polar surface area (TPSA) is 72.9 Å². The average Bonchev–Trinajstić information content (AvgIpc) is 2.74. The van der Waals surface area contributed by atoms with Crippen LogP contribution in [0.15, 0.2) is 24.3 Å². The van der Waals surface area contributed by atoms with Crippen molar-refractivity contribution in [2.45, 2.75) is 33.4 Å². The van der Waals surface area contributed by atoms with Gasteiger partial charge >= 0.3 is 0 Å². The van der Waals surface area contributed by atoms with Crippen LogP contribution >= 0.6 is 24.8 Å². The Morgan fingerprint density at radius 3 is 2.59 bits per heavy atom. The van der Waals surface area contributed by atoms with Crippen molar-refractivity contribution in [2.24, 2.45) is 11.7 Å². The highest BCUT2D eigenvalue weighted by atomic mass is 35.5. The molecule has 124 valence electrons. The number of aromatic nitrogens is 2. The Balaban J connectivity index is 0.00000220. The van der Waals surface area contributed by atoms with Gasteiger partial charge in [-0.2, -0.15) is 0 Å². The predicted octanol–water partition coefficient (Wildman–Crippen LogP) is 2.29. The first-order chi connectivity index (χ1) is 9.50. The van der Waals surface area contributed by atoms with E-state index < -0.39 is 6.04 Å². The number of imidazole rings is 1. The Morgan fingerprint density at radius 1 is 1.32 bits per heavy atom. The molecule has 22 heavy (non-hydrogen) atoms. The molecule has 1 heterocycles. The second kappa shape index (κ2) is 8.98. The van der Waals surface area contributed by atoms with E-state index in [0.29, 0.717) is 13.1 Å². The van der Waals surface area contributed by atoms with Gasteiger partial charge in [0.15, 0.2) is 0 Å². The molecule has 2 aromatic rings. The van der Waals surface area contributed by atoms with Crippen LogP contribution in [0.3, 0.4) is 0 Å². The number of nitrogens with two attached hydrogens (primary N) is 1. The van der Waals surface area contributed by atoms with Crippen LogP contribution in [0.25, 0.3) is 11.0 Å². The van der Waals surface area contributed by atoms with Crippen LogP contribution in [0.2, 0.25) is 0 Å². The summed E-state index contributed by atoms with van der Waals surface area (Å²) in [6, 6.07) is 7.55. The number of para-hydroxylation sites is 2. The zero-order valence-electron chi connectivity index (χ0n) is 13.1. The number of hydrogen-bond acceptors (Lipinski definition) is 3. The van der Waals surface area contributed by atoms with Crippen molar-refractivity contribution in [1.29, 1.82) is 0 Å². The summed E-state index contributed by atoms with van der Waals surface area (Å²) in [5, 5.41) is 2.88. The molecule has 0 spiro atoms. The third kappa shape index (κ3) is 4.60. The molecular weight excluding hydrogens is 323 g/mol. The van der Waals surface area contributed by atoms with E-state index in [2.05, 4.69) is 14.9 Å². The molecule has 0 aliphatic heterocycles. The van der Waals surface area contributed by atoms with Gasteiger partial charge in [-0.25, -0.2) is 4.98 Å². The first-order valence-electron chi connectivity index (χ1n) is 6.96. The maximum Gasteiger partial charge on any atom is 0.237 e. The minimum absolute atomic E-state index is 0. The maximum atomic E-state index is 11.8. The minimum Gasteiger partial charge on any atom is -0.353 e. The number of benzene rings is 1. The summed E-state index contributed by atoms with van der Waals surface area (Å²) in [6.07, 6.45) is 0. The van der Waals surface area contributed by atoms with E-state index in [1.54, 1.807) is 0 Å². The van der Waals surface area contributed by atoms with Gasteiger partial charge in [-0.1, -0.05) is 26.0 Å². The SMILES string of the molecule is Cc1nc2ccccc2n1CCNC(=O)C(N)C(C)C.Cl.Cl. The molecule has 0 aliphatic rings. The Morgan fingerprint density at radius 2 is 1.95 bits per heavy atom. The fourth-order valence-electron chi connectivity index (χ4n) is 2.19. The molecule has 2 rings (SSSR count). The van der Waals surface area contributed by atoms with Crippen LogP contribution < -0.4 is 11.1 Å². The monoisotopic (exact) mass is 346 g/mol. The van der Waals surface area contributed by atoms with Crippen LogP contribution in [-0.2, 0) is 11.3 Å². The van der Waals surface area contributed by atoms with E-state index in [0.717, 1.165) is 16.9 Å². The molecule has 1 amide bonds. The summed E-state index contributed by atoms with van der Waals surface area (Å²) in [4.78, 5) is 16.3. The number of rotatable bonds is 5. The molecule has 5 nitrogen and oxygen atoms in total. The van der Waals surface area contributed by atoms with Crippen LogP contribution in [0.1, 0.15) is 19.7 Å². The number of amides is 1. The second-order valence-corrected chi connectivity index (χ2v) is 5.36. The summed E-state index contributed by atoms with van der Waals surface area (Å²) in [6.45, 7) is 7.11. The van der Waals surface area contributed by atoms with Gasteiger partial charge in [-0.15, -0.1) is 24.8 Å². The molecular formula is C15H24Cl2N4O. The third-order valence-corrected chi connectivity index (χ3v) is 3.50. The lowest BCUT2D eigenvalue weighted by molar-refractivity contribution is -0.123. The normalized spacial score (nSPS) is 11.7. The van der Waals surface area contributed by atoms with Gasteiger partial charge < -0.3 is 15.6 Å². The number of nitrogens with one attached hydrogen (secondary N) is 1. The van der Waals surface area contributed by atoms with Gasteiger partial charge in [-0.3, -0.25) is 4.79 Å². The van der Waals surface area contributed by atoms with Crippen molar-refractivity contribution in [2.75, 3.05) is 6.54 Å². The number of aryl methyl sites for hydroxylation is 1. The summed E-state index contributed by atoms with van der Waals surface area (Å²) >= 11 is 0. The highest BCUT2D eigenvalue weighted by Crippen LogP contribution is 2.14. The maximum absolute atomic E-state index is 11.8. The number of carbonyl (C=O) groups is 1. The van der Waals surface area contributed by atoms with Crippen LogP contribution in [0.4, 0.5) is 0 Å². The molecule has 0 fully saturated rings. The van der Waals surface area contributed by atoms with Crippen molar-refractivity contribution >= 4 is 41.8 Å². The van der Waals surface area contributed by atoms with Gasteiger partial charge in [0.25, 0.3) is 0 Å². The summed E-state index contributed by atoms with van der Waals surface area (Å²) in [5.74, 6) is 1.00. The van der Waals surface area contributed by atoms with E-state index in [4.69, 9.17) is 5.73 Å². The fraction of sp³-hybridized carbons (Fsp3) is 0.467. The van der Waals surface area contributed by atoms with Crippen molar-refractivity contribution in [1.82, 2.24) is 14.9 Å². The second-order valence-electron chi connectivity index (χ2n) is 5.36. The Bertz CT molecular complexity index is 613. The van der Waals surface area contributed by atoms with E-state index in [1.807, 2.05) is 45.0 Å². The fourth-order valence-corrected chi connectivity index (χ4v) is 2.19. The summed E-state index contributed by atoms with van der Waals surface area (Å²) in [7, 11) is 0. The lowest BCUT2D eigenvalue weighted by Gasteiger charge is -2.15. The van der Waals surface area contributed by atoms with Crippen molar-refractivity contribution in [3.8, 4) is 0 Å². The smallest absolute Gasteiger partial charge is 0.237 e. The number of nitrogens with zero attached hydrogens (tertiary/aromatic N) is 2. The molecule has 0 aliphatic carbocycles. The highest BCUT2D eigenvalue weighted by molar-refractivity contribution is 5.85. The number of hydrogen-bond donors (Lipinski definition) is 2. The van der Waals surface area contributed by atoms with Gasteiger partial charge in [0.2, 0.25) is 5.91 Å². The molecule has 1 atom stereocenters. The predicted molar refractivity (Wildman–Crippen MR) is 94.8 cm³/mol. The Labute approximate surface area is 143 Å². The third-order valence-electron chi connectivity index (χ3n) is 3.50. The van der Waals surface area contributed by atoms with Crippen LogP contribution in [0, 0.1) is 12.8 Å². The molecule has 0 bridgehead atoms. The zero-order valence-corrected chi connectivity index (χ0v) is 14.7. The molecule has 1 aromatic heterocycles. The molecule has 7 heteroatoms. The van der Waals surface area contributed by atoms with Gasteiger partial charge in [0.05, 0.1) is 17.1 Å². The number of halogens is 2. The van der Waals surface area contributed by atoms with Crippen LogP contribution in [-0.4, -0.2) is 28.0 Å². The van der Waals surface area contributed by atoms with Crippen molar-refractivity contribution in [3.63, 3.8) is 0 Å². The van der Waals surface area contributed by atoms with Crippen LogP contribution in [0.5, 0.6) is 0 Å². The first kappa shape index (κ1) is 20.7. The molecule has 0 saturated carbocycles. The zero-order chi connectivity index (χ0) is 14.7. The number of fused-ring (bicyclic) bond motifs is 1. The molecule has 1 unspecified atom stereocenters. The minimum atomic E-state index is -0.448. The largest absolute Gasteiger partial charge is 0.353 e. The summed E-state index contributed by atoms with van der Waals surface area (Å²) < 4.78 is 2.11. The molecule has 1 aromatic carbocycles.